The molecule has 0 bridgehead atoms. The summed E-state index contributed by atoms with van der Waals surface area (Å²) in [5, 5.41) is 10.0. The third kappa shape index (κ3) is 4.06. The van der Waals surface area contributed by atoms with E-state index in [4.69, 9.17) is 0 Å². The fraction of sp³-hybridized carbons (Fsp3) is 0.478. The highest BCUT2D eigenvalue weighted by Crippen LogP contribution is 2.35. The molecule has 1 saturated heterocycles. The van der Waals surface area contributed by atoms with Gasteiger partial charge in [0.2, 0.25) is 11.8 Å². The second-order valence-electron chi connectivity index (χ2n) is 8.19. The number of fused-ring (bicyclic) bond motifs is 1. The molecule has 0 radical (unpaired) electrons. The van der Waals surface area contributed by atoms with Gasteiger partial charge in [0.15, 0.2) is 0 Å². The van der Waals surface area contributed by atoms with Crippen LogP contribution in [-0.4, -0.2) is 63.9 Å². The Labute approximate surface area is 182 Å². The quantitative estimate of drug-likeness (QED) is 0.773. The van der Waals surface area contributed by atoms with Crippen molar-refractivity contribution in [2.75, 3.05) is 31.5 Å². The molecule has 3 heterocycles. The predicted molar refractivity (Wildman–Crippen MR) is 117 cm³/mol. The Bertz CT molecular complexity index is 981. The Balaban J connectivity index is 1.54. The van der Waals surface area contributed by atoms with E-state index in [2.05, 4.69) is 15.5 Å². The lowest BCUT2D eigenvalue weighted by molar-refractivity contribution is -0.136. The molecule has 1 fully saturated rings. The van der Waals surface area contributed by atoms with Crippen LogP contribution in [0.5, 0.6) is 0 Å². The first kappa shape index (κ1) is 21.1. The second kappa shape index (κ2) is 8.91. The molecule has 3 amide bonds. The largest absolute Gasteiger partial charge is 0.341 e. The van der Waals surface area contributed by atoms with Crippen molar-refractivity contribution in [1.29, 1.82) is 0 Å². The molecule has 2 aromatic rings. The van der Waals surface area contributed by atoms with Gasteiger partial charge in [0.05, 0.1) is 23.4 Å². The average molecular weight is 424 g/mol. The minimum atomic E-state index is -0.470. The Kier molecular flexibility index (Phi) is 6.06. The minimum Gasteiger partial charge on any atom is -0.341 e. The van der Waals surface area contributed by atoms with Gasteiger partial charge < -0.3 is 15.1 Å². The van der Waals surface area contributed by atoms with E-state index in [1.165, 1.54) is 0 Å². The van der Waals surface area contributed by atoms with Crippen molar-refractivity contribution < 1.29 is 14.4 Å². The Hall–Kier alpha value is -3.16. The number of likely N-dealkylation sites (tertiary alicyclic amines) is 1. The number of amides is 3. The molecule has 8 nitrogen and oxygen atoms in total. The van der Waals surface area contributed by atoms with Crippen LogP contribution < -0.4 is 5.32 Å². The molecule has 1 aromatic heterocycles. The number of rotatable bonds is 5. The van der Waals surface area contributed by atoms with Crippen LogP contribution in [0.2, 0.25) is 0 Å². The van der Waals surface area contributed by atoms with Crippen LogP contribution in [-0.2, 0) is 9.59 Å². The number of H-pyrrole nitrogens is 1. The number of hydrogen-bond donors (Lipinski definition) is 2. The Morgan fingerprint density at radius 1 is 1.23 bits per heavy atom. The van der Waals surface area contributed by atoms with Gasteiger partial charge >= 0.3 is 0 Å². The first-order chi connectivity index (χ1) is 15.0. The lowest BCUT2D eigenvalue weighted by atomic mass is 9.87. The van der Waals surface area contributed by atoms with E-state index in [0.29, 0.717) is 37.4 Å². The first-order valence-electron chi connectivity index (χ1n) is 11.0. The van der Waals surface area contributed by atoms with Crippen LogP contribution in [0.1, 0.15) is 66.6 Å². The second-order valence-corrected chi connectivity index (χ2v) is 8.19. The van der Waals surface area contributed by atoms with Crippen LogP contribution in [0.4, 0.5) is 5.69 Å². The van der Waals surface area contributed by atoms with Crippen molar-refractivity contribution >= 4 is 23.4 Å². The van der Waals surface area contributed by atoms with Crippen molar-refractivity contribution in [3.05, 3.63) is 47.3 Å². The maximum absolute atomic E-state index is 13.4. The number of anilines is 1. The van der Waals surface area contributed by atoms with Gasteiger partial charge in [-0.2, -0.15) is 5.10 Å². The van der Waals surface area contributed by atoms with Crippen molar-refractivity contribution in [1.82, 2.24) is 20.0 Å². The summed E-state index contributed by atoms with van der Waals surface area (Å²) in [4.78, 5) is 42.2. The molecule has 164 valence electrons. The van der Waals surface area contributed by atoms with Crippen molar-refractivity contribution in [2.45, 2.75) is 44.9 Å². The Morgan fingerprint density at radius 3 is 2.77 bits per heavy atom. The lowest BCUT2D eigenvalue weighted by Gasteiger charge is -2.36. The monoisotopic (exact) mass is 423 g/mol. The van der Waals surface area contributed by atoms with Crippen molar-refractivity contribution in [2.24, 2.45) is 0 Å². The number of benzene rings is 1. The number of aromatic nitrogens is 2. The van der Waals surface area contributed by atoms with Gasteiger partial charge in [0.1, 0.15) is 0 Å². The van der Waals surface area contributed by atoms with E-state index < -0.39 is 5.92 Å². The average Bonchev–Trinajstić information content (AvgIpc) is 3.29. The molecule has 0 unspecified atom stereocenters. The molecule has 0 aliphatic carbocycles. The number of para-hydroxylation sites is 1. The predicted octanol–water partition coefficient (Wildman–Crippen LogP) is 2.72. The molecule has 4 rings (SSSR count). The summed E-state index contributed by atoms with van der Waals surface area (Å²) in [6.45, 7) is 6.36. The normalized spacial score (nSPS) is 20.7. The molecule has 0 spiro atoms. The number of carbonyl (C=O) groups excluding carboxylic acids is 3. The molecular weight excluding hydrogens is 394 g/mol. The van der Waals surface area contributed by atoms with E-state index in [-0.39, 0.29) is 30.1 Å². The minimum absolute atomic E-state index is 0.0161. The third-order valence-electron chi connectivity index (χ3n) is 6.39. The SMILES string of the molecule is CCN(CC)C(=O)c1cn[nH]c1[C@@H]1CCCN(C(=O)[C@@H]2CC(=O)Nc3ccccc32)C1. The van der Waals surface area contributed by atoms with Crippen molar-refractivity contribution in [3.63, 3.8) is 0 Å². The van der Waals surface area contributed by atoms with E-state index in [9.17, 15) is 14.4 Å². The smallest absolute Gasteiger partial charge is 0.257 e. The van der Waals surface area contributed by atoms with E-state index in [0.717, 1.165) is 24.1 Å². The molecule has 0 saturated carbocycles. The fourth-order valence-corrected chi connectivity index (χ4v) is 4.72. The summed E-state index contributed by atoms with van der Waals surface area (Å²) in [5.74, 6) is -0.644. The van der Waals surface area contributed by atoms with Crippen LogP contribution >= 0.6 is 0 Å². The van der Waals surface area contributed by atoms with Gasteiger partial charge in [-0.15, -0.1) is 0 Å². The van der Waals surface area contributed by atoms with Crippen LogP contribution in [0.15, 0.2) is 30.5 Å². The molecule has 1 aromatic carbocycles. The highest BCUT2D eigenvalue weighted by molar-refractivity contribution is 6.01. The number of piperidine rings is 1. The third-order valence-corrected chi connectivity index (χ3v) is 6.39. The topological polar surface area (TPSA) is 98.4 Å². The fourth-order valence-electron chi connectivity index (χ4n) is 4.72. The lowest BCUT2D eigenvalue weighted by Crippen LogP contribution is -2.43. The summed E-state index contributed by atoms with van der Waals surface area (Å²) >= 11 is 0. The highest BCUT2D eigenvalue weighted by Gasteiger charge is 2.36. The van der Waals surface area contributed by atoms with Gasteiger partial charge in [-0.25, -0.2) is 0 Å². The zero-order valence-electron chi connectivity index (χ0n) is 18.1. The summed E-state index contributed by atoms with van der Waals surface area (Å²) in [7, 11) is 0. The van der Waals surface area contributed by atoms with Gasteiger partial charge in [-0.3, -0.25) is 19.5 Å². The first-order valence-corrected chi connectivity index (χ1v) is 11.0. The van der Waals surface area contributed by atoms with Gasteiger partial charge in [-0.05, 0) is 38.3 Å². The zero-order chi connectivity index (χ0) is 22.0. The molecule has 31 heavy (non-hydrogen) atoms. The Morgan fingerprint density at radius 2 is 2.00 bits per heavy atom. The number of hydrogen-bond acceptors (Lipinski definition) is 4. The van der Waals surface area contributed by atoms with Gasteiger partial charge in [-0.1, -0.05) is 18.2 Å². The van der Waals surface area contributed by atoms with E-state index in [1.54, 1.807) is 11.1 Å². The van der Waals surface area contributed by atoms with Crippen LogP contribution in [0, 0.1) is 0 Å². The van der Waals surface area contributed by atoms with E-state index >= 15 is 0 Å². The van der Waals surface area contributed by atoms with Gasteiger partial charge in [0, 0.05) is 44.2 Å². The summed E-state index contributed by atoms with van der Waals surface area (Å²) < 4.78 is 0. The number of nitrogens with zero attached hydrogens (tertiary/aromatic N) is 3. The standard InChI is InChI=1S/C23H29N5O3/c1-3-27(4-2)23(31)18-13-24-26-21(18)15-8-7-11-28(14-15)22(30)17-12-20(29)25-19-10-6-5-9-16(17)19/h5-6,9-10,13,15,17H,3-4,7-8,11-12,14H2,1-2H3,(H,24,26)(H,25,29)/t15-,17-/m1/s1. The molecule has 2 aliphatic heterocycles. The summed E-state index contributed by atoms with van der Waals surface area (Å²) in [6, 6.07) is 7.50. The number of aromatic amines is 1. The molecule has 2 N–H and O–H groups in total. The zero-order valence-corrected chi connectivity index (χ0v) is 18.1. The van der Waals surface area contributed by atoms with Crippen LogP contribution in [0.3, 0.4) is 0 Å². The maximum atomic E-state index is 13.4. The molecule has 2 atom stereocenters. The number of carbonyl (C=O) groups is 3. The molecule has 8 heteroatoms. The maximum Gasteiger partial charge on any atom is 0.257 e. The number of nitrogens with one attached hydrogen (secondary N) is 2. The highest BCUT2D eigenvalue weighted by atomic mass is 16.2. The summed E-state index contributed by atoms with van der Waals surface area (Å²) in [6.07, 6.45) is 3.48. The van der Waals surface area contributed by atoms with Gasteiger partial charge in [0.25, 0.3) is 5.91 Å². The molecule has 2 aliphatic rings. The van der Waals surface area contributed by atoms with E-state index in [1.807, 2.05) is 43.0 Å². The molecular formula is C23H29N5O3. The van der Waals surface area contributed by atoms with Crippen LogP contribution in [0.25, 0.3) is 0 Å². The summed E-state index contributed by atoms with van der Waals surface area (Å²) in [5.41, 5.74) is 2.97. The van der Waals surface area contributed by atoms with Crippen molar-refractivity contribution in [3.8, 4) is 0 Å².